The molecule has 0 aliphatic carbocycles. The minimum atomic E-state index is -3.86. The number of aromatic nitrogens is 1. The number of aliphatic hydroxyl groups excluding tert-OH is 1. The molecule has 1 saturated heterocycles. The van der Waals surface area contributed by atoms with Gasteiger partial charge in [0, 0.05) is 38.2 Å². The van der Waals surface area contributed by atoms with E-state index in [0.29, 0.717) is 36.9 Å². The SMILES string of the molecule is C[C@@](CCn1ccc(-c2ccc(OCC3CCN(C(=O)CO)CC3)cc2)cc1=O)(C(=O)NO)S(C)(=O)=O. The number of rotatable bonds is 10. The zero-order valence-electron chi connectivity index (χ0n) is 20.9. The van der Waals surface area contributed by atoms with Crippen LogP contribution in [0.2, 0.25) is 0 Å². The fraction of sp³-hybridized carbons (Fsp3) is 0.480. The number of hydrogen-bond acceptors (Lipinski definition) is 8. The lowest BCUT2D eigenvalue weighted by atomic mass is 9.98. The summed E-state index contributed by atoms with van der Waals surface area (Å²) < 4.78 is 29.6. The third-order valence-electron chi connectivity index (χ3n) is 7.00. The zero-order chi connectivity index (χ0) is 27.2. The molecule has 3 N–H and O–H groups in total. The fourth-order valence-corrected chi connectivity index (χ4v) is 5.04. The highest BCUT2D eigenvalue weighted by molar-refractivity contribution is 7.92. The highest BCUT2D eigenvalue weighted by Gasteiger charge is 2.43. The average molecular weight is 536 g/mol. The van der Waals surface area contributed by atoms with Gasteiger partial charge < -0.3 is 19.3 Å². The summed E-state index contributed by atoms with van der Waals surface area (Å²) in [6.07, 6.45) is 3.88. The van der Waals surface area contributed by atoms with Gasteiger partial charge in [0.05, 0.1) is 6.61 Å². The van der Waals surface area contributed by atoms with Crippen molar-refractivity contribution in [1.29, 1.82) is 0 Å². The van der Waals surface area contributed by atoms with Crippen LogP contribution in [0.4, 0.5) is 0 Å². The first-order valence-corrected chi connectivity index (χ1v) is 13.8. The molecule has 0 spiro atoms. The van der Waals surface area contributed by atoms with E-state index >= 15 is 0 Å². The Morgan fingerprint density at radius 3 is 2.32 bits per heavy atom. The van der Waals surface area contributed by atoms with Gasteiger partial charge in [-0.3, -0.25) is 19.6 Å². The van der Waals surface area contributed by atoms with Crippen LogP contribution in [0.25, 0.3) is 11.1 Å². The monoisotopic (exact) mass is 535 g/mol. The van der Waals surface area contributed by atoms with E-state index in [-0.39, 0.29) is 24.4 Å². The lowest BCUT2D eigenvalue weighted by molar-refractivity contribution is -0.135. The van der Waals surface area contributed by atoms with Crippen LogP contribution in [0.5, 0.6) is 5.75 Å². The van der Waals surface area contributed by atoms with Gasteiger partial charge in [0.15, 0.2) is 14.6 Å². The van der Waals surface area contributed by atoms with Crippen molar-refractivity contribution >= 4 is 21.7 Å². The number of nitrogens with one attached hydrogen (secondary N) is 1. The number of carbonyl (C=O) groups excluding carboxylic acids is 2. The van der Waals surface area contributed by atoms with Gasteiger partial charge >= 0.3 is 0 Å². The summed E-state index contributed by atoms with van der Waals surface area (Å²) in [7, 11) is -3.86. The minimum absolute atomic E-state index is 0.0318. The predicted octanol–water partition coefficient (Wildman–Crippen LogP) is 0.824. The molecule has 2 amide bonds. The number of nitrogens with zero attached hydrogens (tertiary/aromatic N) is 2. The largest absolute Gasteiger partial charge is 0.493 e. The first kappa shape index (κ1) is 28.4. The molecule has 1 atom stereocenters. The summed E-state index contributed by atoms with van der Waals surface area (Å²) in [5, 5.41) is 17.9. The Balaban J connectivity index is 1.59. The second-order valence-electron chi connectivity index (χ2n) is 9.46. The van der Waals surface area contributed by atoms with Gasteiger partial charge in [0.1, 0.15) is 12.4 Å². The second-order valence-corrected chi connectivity index (χ2v) is 11.9. The lowest BCUT2D eigenvalue weighted by Gasteiger charge is -2.31. The van der Waals surface area contributed by atoms with E-state index in [2.05, 4.69) is 0 Å². The van der Waals surface area contributed by atoms with E-state index in [1.165, 1.54) is 29.2 Å². The predicted molar refractivity (Wildman–Crippen MR) is 136 cm³/mol. The van der Waals surface area contributed by atoms with Gasteiger partial charge in [-0.2, -0.15) is 0 Å². The zero-order valence-corrected chi connectivity index (χ0v) is 21.7. The molecular formula is C25H33N3O8S. The molecule has 202 valence electrons. The molecule has 0 radical (unpaired) electrons. The lowest BCUT2D eigenvalue weighted by Crippen LogP contribution is -2.49. The Bertz CT molecular complexity index is 1270. The number of carbonyl (C=O) groups is 2. The fourth-order valence-electron chi connectivity index (χ4n) is 4.20. The summed E-state index contributed by atoms with van der Waals surface area (Å²) >= 11 is 0. The first-order valence-electron chi connectivity index (χ1n) is 11.9. The molecule has 1 aliphatic heterocycles. The summed E-state index contributed by atoms with van der Waals surface area (Å²) in [5.74, 6) is -0.287. The van der Waals surface area contributed by atoms with Gasteiger partial charge in [-0.05, 0) is 61.4 Å². The molecule has 1 aliphatic rings. The van der Waals surface area contributed by atoms with Crippen LogP contribution in [0.1, 0.15) is 26.2 Å². The van der Waals surface area contributed by atoms with Crippen molar-refractivity contribution in [1.82, 2.24) is 14.9 Å². The van der Waals surface area contributed by atoms with Gasteiger partial charge in [-0.25, -0.2) is 13.9 Å². The summed E-state index contributed by atoms with van der Waals surface area (Å²) in [4.78, 5) is 37.9. The molecule has 3 rings (SSSR count). The van der Waals surface area contributed by atoms with E-state index in [0.717, 1.165) is 24.7 Å². The van der Waals surface area contributed by atoms with E-state index in [1.54, 1.807) is 11.0 Å². The molecule has 11 nitrogen and oxygen atoms in total. The molecular weight excluding hydrogens is 502 g/mol. The van der Waals surface area contributed by atoms with Crippen molar-refractivity contribution < 1.29 is 33.1 Å². The standard InChI is InChI=1S/C25H33N3O8S/c1-25(24(32)26-33,37(2,34)35)10-14-28-13-9-20(15-22(28)30)19-3-5-21(6-4-19)36-17-18-7-11-27(12-8-18)23(31)16-29/h3-6,9,13,15,18,29,33H,7-8,10-12,14,16-17H2,1-2H3,(H,26,32)/t25-/m1/s1. The second kappa shape index (κ2) is 11.9. The van der Waals surface area contributed by atoms with E-state index < -0.39 is 27.1 Å². The smallest absolute Gasteiger partial charge is 0.264 e. The van der Waals surface area contributed by atoms with Crippen molar-refractivity contribution in [2.75, 3.05) is 32.6 Å². The molecule has 12 heteroatoms. The third kappa shape index (κ3) is 6.76. The topological polar surface area (TPSA) is 155 Å². The van der Waals surface area contributed by atoms with E-state index in [4.69, 9.17) is 15.1 Å². The molecule has 0 saturated carbocycles. The van der Waals surface area contributed by atoms with Crippen LogP contribution in [0.3, 0.4) is 0 Å². The van der Waals surface area contributed by atoms with Crippen molar-refractivity contribution in [3.05, 3.63) is 52.9 Å². The number of benzene rings is 1. The average Bonchev–Trinajstić information content (AvgIpc) is 2.90. The van der Waals surface area contributed by atoms with Crippen LogP contribution in [0, 0.1) is 5.92 Å². The van der Waals surface area contributed by atoms with Crippen LogP contribution < -0.4 is 15.8 Å². The molecule has 1 fully saturated rings. The summed E-state index contributed by atoms with van der Waals surface area (Å²) in [5.41, 5.74) is 2.51. The quantitative estimate of drug-likeness (QED) is 0.298. The van der Waals surface area contributed by atoms with Crippen molar-refractivity contribution in [3.8, 4) is 16.9 Å². The number of hydroxylamine groups is 1. The number of likely N-dealkylation sites (tertiary alicyclic amines) is 1. The Labute approximate surface area is 215 Å². The molecule has 2 aromatic rings. The third-order valence-corrected chi connectivity index (χ3v) is 9.03. The summed E-state index contributed by atoms with van der Waals surface area (Å²) in [6.45, 7) is 2.46. The Hall–Kier alpha value is -3.22. The normalized spacial score (nSPS) is 16.2. The highest BCUT2D eigenvalue weighted by Crippen LogP contribution is 2.25. The molecule has 0 bridgehead atoms. The van der Waals surface area contributed by atoms with Crippen molar-refractivity contribution in [2.24, 2.45) is 5.92 Å². The maximum atomic E-state index is 12.6. The number of ether oxygens (including phenoxy) is 1. The van der Waals surface area contributed by atoms with Gasteiger partial charge in [-0.15, -0.1) is 0 Å². The minimum Gasteiger partial charge on any atom is -0.493 e. The molecule has 1 aromatic heterocycles. The van der Waals surface area contributed by atoms with Crippen LogP contribution in [-0.2, 0) is 26.0 Å². The highest BCUT2D eigenvalue weighted by atomic mass is 32.2. The molecule has 1 aromatic carbocycles. The molecule has 37 heavy (non-hydrogen) atoms. The first-order chi connectivity index (χ1) is 17.5. The van der Waals surface area contributed by atoms with Crippen molar-refractivity contribution in [2.45, 2.75) is 37.5 Å². The number of hydrogen-bond donors (Lipinski definition) is 3. The van der Waals surface area contributed by atoms with Crippen molar-refractivity contribution in [3.63, 3.8) is 0 Å². The Kier molecular flexibility index (Phi) is 9.11. The Morgan fingerprint density at radius 2 is 1.78 bits per heavy atom. The van der Waals surface area contributed by atoms with Gasteiger partial charge in [0.25, 0.3) is 11.5 Å². The number of aryl methyl sites for hydroxylation is 1. The molecule has 2 heterocycles. The molecule has 0 unspecified atom stereocenters. The summed E-state index contributed by atoms with van der Waals surface area (Å²) in [6, 6.07) is 10.5. The van der Waals surface area contributed by atoms with E-state index in [1.807, 2.05) is 24.3 Å². The van der Waals surface area contributed by atoms with Gasteiger partial charge in [0.2, 0.25) is 5.91 Å². The van der Waals surface area contributed by atoms with Crippen LogP contribution in [-0.4, -0.2) is 77.3 Å². The Morgan fingerprint density at radius 1 is 1.14 bits per heavy atom. The van der Waals surface area contributed by atoms with E-state index in [9.17, 15) is 22.8 Å². The number of pyridine rings is 1. The maximum absolute atomic E-state index is 12.6. The number of amides is 2. The van der Waals surface area contributed by atoms with Crippen LogP contribution >= 0.6 is 0 Å². The van der Waals surface area contributed by atoms with Gasteiger partial charge in [-0.1, -0.05) is 12.1 Å². The maximum Gasteiger partial charge on any atom is 0.264 e. The number of aliphatic hydroxyl groups is 1. The number of piperidine rings is 1. The van der Waals surface area contributed by atoms with Crippen LogP contribution in [0.15, 0.2) is 47.4 Å². The number of sulfone groups is 1.